The van der Waals surface area contributed by atoms with Gasteiger partial charge in [-0.1, -0.05) is 39.5 Å². The van der Waals surface area contributed by atoms with Crippen molar-refractivity contribution in [2.75, 3.05) is 0 Å². The fourth-order valence-electron chi connectivity index (χ4n) is 0.762. The van der Waals surface area contributed by atoms with Gasteiger partial charge in [-0.2, -0.15) is 6.42 Å². The molecule has 9 heavy (non-hydrogen) atoms. The fourth-order valence-corrected chi connectivity index (χ4v) is 0.762. The van der Waals surface area contributed by atoms with Crippen molar-refractivity contribution in [2.45, 2.75) is 40.0 Å². The van der Waals surface area contributed by atoms with Crippen molar-refractivity contribution < 1.29 is 0 Å². The first-order valence-corrected chi connectivity index (χ1v) is 3.96. The van der Waals surface area contributed by atoms with Crippen molar-refractivity contribution in [3.63, 3.8) is 0 Å². The molecule has 0 aliphatic carbocycles. The highest BCUT2D eigenvalue weighted by molar-refractivity contribution is 4.55. The number of hydrogen-bond donors (Lipinski definition) is 0. The monoisotopic (exact) mass is 127 g/mol. The normalized spacial score (nSPS) is 14.3. The third-order valence-electron chi connectivity index (χ3n) is 1.73. The zero-order chi connectivity index (χ0) is 7.28. The maximum Gasteiger partial charge on any atom is -0.0471 e. The Hall–Kier alpha value is 0. The van der Waals surface area contributed by atoms with Gasteiger partial charge in [0, 0.05) is 0 Å². The highest BCUT2D eigenvalue weighted by atomic mass is 14.1. The second-order valence-electron chi connectivity index (χ2n) is 3.37. The van der Waals surface area contributed by atoms with E-state index in [2.05, 4.69) is 27.7 Å². The van der Waals surface area contributed by atoms with Crippen LogP contribution in [0.15, 0.2) is 0 Å². The zero-order valence-corrected chi connectivity index (χ0v) is 6.98. The molecule has 0 aromatic heterocycles. The summed E-state index contributed by atoms with van der Waals surface area (Å²) >= 11 is 0. The van der Waals surface area contributed by atoms with Gasteiger partial charge in [0.25, 0.3) is 0 Å². The fraction of sp³-hybridized carbons (Fsp3) is 0.889. The van der Waals surface area contributed by atoms with Gasteiger partial charge >= 0.3 is 0 Å². The number of rotatable bonds is 4. The minimum Gasteiger partial charge on any atom is -0.343 e. The predicted octanol–water partition coefficient (Wildman–Crippen LogP) is 3.28. The summed E-state index contributed by atoms with van der Waals surface area (Å²) in [5.41, 5.74) is 0. The maximum absolute atomic E-state index is 3.86. The molecule has 0 rings (SSSR count). The van der Waals surface area contributed by atoms with Gasteiger partial charge in [0.05, 0.1) is 0 Å². The molecule has 0 nitrogen and oxygen atoms in total. The topological polar surface area (TPSA) is 0 Å². The minimum atomic E-state index is 0.826. The summed E-state index contributed by atoms with van der Waals surface area (Å²) in [6, 6.07) is 0. The van der Waals surface area contributed by atoms with Gasteiger partial charge in [0.1, 0.15) is 0 Å². The predicted molar refractivity (Wildman–Crippen MR) is 43.2 cm³/mol. The first kappa shape index (κ1) is 9.00. The van der Waals surface area contributed by atoms with Gasteiger partial charge in [0.2, 0.25) is 0 Å². The lowest BCUT2D eigenvalue weighted by molar-refractivity contribution is 0.452. The highest BCUT2D eigenvalue weighted by Gasteiger charge is 1.97. The second kappa shape index (κ2) is 4.84. The lowest BCUT2D eigenvalue weighted by Gasteiger charge is -2.12. The summed E-state index contributed by atoms with van der Waals surface area (Å²) in [7, 11) is 0. The molecule has 0 saturated carbocycles. The maximum atomic E-state index is 3.86. The molecule has 1 atom stereocenters. The van der Waals surface area contributed by atoms with Crippen LogP contribution in [0.4, 0.5) is 0 Å². The van der Waals surface area contributed by atoms with Gasteiger partial charge in [-0.3, -0.25) is 0 Å². The average molecular weight is 127 g/mol. The minimum absolute atomic E-state index is 0.826. The molecule has 0 saturated heterocycles. The molecular formula is C9H19-. The Balaban J connectivity index is 3.06. The molecule has 0 aliphatic heterocycles. The van der Waals surface area contributed by atoms with Crippen molar-refractivity contribution in [1.29, 1.82) is 0 Å². The molecule has 0 aliphatic rings. The molecule has 0 bridgehead atoms. The molecule has 0 heteroatoms. The molecule has 0 aromatic carbocycles. The van der Waals surface area contributed by atoms with Crippen LogP contribution in [0, 0.1) is 18.8 Å². The molecule has 0 N–H and O–H groups in total. The summed E-state index contributed by atoms with van der Waals surface area (Å²) in [5.74, 6) is 1.69. The Labute approximate surface area is 59.7 Å². The van der Waals surface area contributed by atoms with Crippen LogP contribution in [0.3, 0.4) is 0 Å². The quantitative estimate of drug-likeness (QED) is 0.508. The van der Waals surface area contributed by atoms with Crippen molar-refractivity contribution >= 4 is 0 Å². The molecule has 0 radical (unpaired) electrons. The van der Waals surface area contributed by atoms with E-state index in [1.807, 2.05) is 0 Å². The highest BCUT2D eigenvalue weighted by Crippen LogP contribution is 2.13. The van der Waals surface area contributed by atoms with E-state index >= 15 is 0 Å². The van der Waals surface area contributed by atoms with Crippen LogP contribution in [0.1, 0.15) is 40.0 Å². The largest absolute Gasteiger partial charge is 0.343 e. The molecule has 0 aromatic rings. The van der Waals surface area contributed by atoms with Gasteiger partial charge in [-0.25, -0.2) is 0 Å². The molecule has 1 unspecified atom stereocenters. The Morgan fingerprint density at radius 3 is 2.00 bits per heavy atom. The third kappa shape index (κ3) is 5.88. The van der Waals surface area contributed by atoms with E-state index in [1.54, 1.807) is 0 Å². The van der Waals surface area contributed by atoms with E-state index < -0.39 is 0 Å². The van der Waals surface area contributed by atoms with Gasteiger partial charge in [0.15, 0.2) is 0 Å². The van der Waals surface area contributed by atoms with Crippen molar-refractivity contribution in [2.24, 2.45) is 11.8 Å². The molecule has 0 amide bonds. The van der Waals surface area contributed by atoms with Crippen molar-refractivity contribution in [1.82, 2.24) is 0 Å². The summed E-state index contributed by atoms with van der Waals surface area (Å²) in [6.45, 7) is 10.7. The molecule has 0 fully saturated rings. The summed E-state index contributed by atoms with van der Waals surface area (Å²) in [4.78, 5) is 0. The van der Waals surface area contributed by atoms with E-state index in [-0.39, 0.29) is 0 Å². The molecule has 0 heterocycles. The molecular weight excluding hydrogens is 108 g/mol. The summed E-state index contributed by atoms with van der Waals surface area (Å²) in [6.07, 6.45) is 3.80. The Morgan fingerprint density at radius 2 is 1.67 bits per heavy atom. The van der Waals surface area contributed by atoms with E-state index in [4.69, 9.17) is 0 Å². The van der Waals surface area contributed by atoms with Crippen LogP contribution >= 0.6 is 0 Å². The Morgan fingerprint density at radius 1 is 1.11 bits per heavy atom. The molecule has 56 valence electrons. The summed E-state index contributed by atoms with van der Waals surface area (Å²) in [5, 5.41) is 0. The number of hydrogen-bond acceptors (Lipinski definition) is 0. The van der Waals surface area contributed by atoms with Crippen molar-refractivity contribution in [3.05, 3.63) is 6.92 Å². The lowest BCUT2D eigenvalue weighted by Crippen LogP contribution is -1.95. The van der Waals surface area contributed by atoms with Crippen LogP contribution in [0.2, 0.25) is 0 Å². The lowest BCUT2D eigenvalue weighted by atomic mass is 9.98. The van der Waals surface area contributed by atoms with Crippen LogP contribution in [0.5, 0.6) is 0 Å². The summed E-state index contributed by atoms with van der Waals surface area (Å²) < 4.78 is 0. The first-order chi connectivity index (χ1) is 4.16. The Bertz CT molecular complexity index is 55.1. The van der Waals surface area contributed by atoms with Crippen LogP contribution < -0.4 is 0 Å². The SMILES string of the molecule is [CH2-]CC(C)CCC(C)C. The van der Waals surface area contributed by atoms with Gasteiger partial charge in [-0.05, 0) is 5.92 Å². The Kier molecular flexibility index (Phi) is 4.84. The van der Waals surface area contributed by atoms with E-state index in [9.17, 15) is 0 Å². The standard InChI is InChI=1S/C9H19/c1-5-9(4)7-6-8(2)3/h8-9H,1,5-7H2,2-4H3/q-1. The second-order valence-corrected chi connectivity index (χ2v) is 3.37. The van der Waals surface area contributed by atoms with E-state index in [1.165, 1.54) is 12.8 Å². The molecule has 0 spiro atoms. The van der Waals surface area contributed by atoms with Crippen molar-refractivity contribution in [3.8, 4) is 0 Å². The zero-order valence-electron chi connectivity index (χ0n) is 6.98. The van der Waals surface area contributed by atoms with Gasteiger partial charge in [-0.15, -0.1) is 0 Å². The smallest absolute Gasteiger partial charge is 0.0471 e. The van der Waals surface area contributed by atoms with Crippen LogP contribution in [0.25, 0.3) is 0 Å². The average Bonchev–Trinajstić information content (AvgIpc) is 1.83. The van der Waals surface area contributed by atoms with Gasteiger partial charge < -0.3 is 6.92 Å². The first-order valence-electron chi connectivity index (χ1n) is 3.96. The van der Waals surface area contributed by atoms with E-state index in [0.29, 0.717) is 0 Å². The van der Waals surface area contributed by atoms with Crippen LogP contribution in [-0.4, -0.2) is 0 Å². The third-order valence-corrected chi connectivity index (χ3v) is 1.73. The van der Waals surface area contributed by atoms with E-state index in [0.717, 1.165) is 18.3 Å². The van der Waals surface area contributed by atoms with Crippen LogP contribution in [-0.2, 0) is 0 Å².